The van der Waals surface area contributed by atoms with Crippen molar-refractivity contribution in [2.24, 2.45) is 5.92 Å². The number of hydrogen-bond donors (Lipinski definition) is 1. The largest absolute Gasteiger partial charge is 0.416 e. The van der Waals surface area contributed by atoms with Gasteiger partial charge in [0.2, 0.25) is 5.91 Å². The Morgan fingerprint density at radius 2 is 2.17 bits per heavy atom. The third-order valence-corrected chi connectivity index (χ3v) is 4.09. The molecule has 0 radical (unpaired) electrons. The molecule has 1 aromatic rings. The molecule has 1 saturated heterocycles. The lowest BCUT2D eigenvalue weighted by Gasteiger charge is -2.32. The zero-order valence-electron chi connectivity index (χ0n) is 13.3. The molecule has 128 valence electrons. The fourth-order valence-corrected chi connectivity index (χ4v) is 2.91. The number of amides is 1. The van der Waals surface area contributed by atoms with Crippen molar-refractivity contribution in [2.45, 2.75) is 38.9 Å². The quantitative estimate of drug-likeness (QED) is 0.898. The summed E-state index contributed by atoms with van der Waals surface area (Å²) in [4.78, 5) is 14.1. The zero-order valence-corrected chi connectivity index (χ0v) is 13.3. The highest BCUT2D eigenvalue weighted by Gasteiger charge is 2.31. The molecule has 0 aromatic heterocycles. The molecule has 3 nitrogen and oxygen atoms in total. The maximum absolute atomic E-state index is 12.8. The Morgan fingerprint density at radius 3 is 2.87 bits per heavy atom. The molecule has 0 spiro atoms. The van der Waals surface area contributed by atoms with Crippen LogP contribution < -0.4 is 5.32 Å². The first-order valence-corrected chi connectivity index (χ1v) is 8.06. The van der Waals surface area contributed by atoms with Crippen molar-refractivity contribution in [3.8, 4) is 0 Å². The summed E-state index contributed by atoms with van der Waals surface area (Å²) in [6.07, 6.45) is -1.69. The number of carbonyl (C=O) groups excluding carboxylic acids is 1. The van der Waals surface area contributed by atoms with Crippen LogP contribution in [-0.2, 0) is 17.5 Å². The van der Waals surface area contributed by atoms with Gasteiger partial charge in [-0.15, -0.1) is 0 Å². The van der Waals surface area contributed by atoms with Crippen molar-refractivity contribution >= 4 is 5.91 Å². The standard InChI is InChI=1S/C17H23F3N2O/c1-2-8-21-16(23)14-6-4-9-22(12-14)11-13-5-3-7-15(10-13)17(18,19)20/h3,5,7,10,14H,2,4,6,8-9,11-12H2,1H3,(H,21,23). The number of rotatable bonds is 5. The molecular formula is C17H23F3N2O. The maximum atomic E-state index is 12.8. The van der Waals surface area contributed by atoms with Crippen LogP contribution in [0.1, 0.15) is 37.3 Å². The number of nitrogens with one attached hydrogen (secondary N) is 1. The third kappa shape index (κ3) is 5.23. The molecule has 1 amide bonds. The molecule has 1 atom stereocenters. The molecule has 0 bridgehead atoms. The maximum Gasteiger partial charge on any atom is 0.416 e. The van der Waals surface area contributed by atoms with Crippen LogP contribution >= 0.6 is 0 Å². The normalized spacial score (nSPS) is 19.6. The highest BCUT2D eigenvalue weighted by atomic mass is 19.4. The van der Waals surface area contributed by atoms with Crippen LogP contribution in [0.3, 0.4) is 0 Å². The van der Waals surface area contributed by atoms with Gasteiger partial charge in [0.15, 0.2) is 0 Å². The average molecular weight is 328 g/mol. The molecule has 1 fully saturated rings. The van der Waals surface area contributed by atoms with Crippen molar-refractivity contribution < 1.29 is 18.0 Å². The van der Waals surface area contributed by atoms with Gasteiger partial charge in [-0.05, 0) is 37.4 Å². The lowest BCUT2D eigenvalue weighted by atomic mass is 9.96. The first-order valence-electron chi connectivity index (χ1n) is 8.06. The van der Waals surface area contributed by atoms with E-state index in [-0.39, 0.29) is 11.8 Å². The Kier molecular flexibility index (Phi) is 6.04. The van der Waals surface area contributed by atoms with Crippen molar-refractivity contribution in [2.75, 3.05) is 19.6 Å². The molecule has 1 aliphatic heterocycles. The fraction of sp³-hybridized carbons (Fsp3) is 0.588. The van der Waals surface area contributed by atoms with Crippen LogP contribution in [-0.4, -0.2) is 30.4 Å². The van der Waals surface area contributed by atoms with E-state index in [9.17, 15) is 18.0 Å². The van der Waals surface area contributed by atoms with Crippen LogP contribution in [0.4, 0.5) is 13.2 Å². The van der Waals surface area contributed by atoms with E-state index < -0.39 is 11.7 Å². The van der Waals surface area contributed by atoms with Gasteiger partial charge in [0.05, 0.1) is 11.5 Å². The number of benzene rings is 1. The summed E-state index contributed by atoms with van der Waals surface area (Å²) in [5.74, 6) is -0.0123. The molecule has 1 unspecified atom stereocenters. The Hall–Kier alpha value is -1.56. The molecule has 1 N–H and O–H groups in total. The first kappa shape index (κ1) is 17.8. The fourth-order valence-electron chi connectivity index (χ4n) is 2.91. The van der Waals surface area contributed by atoms with E-state index in [1.165, 1.54) is 12.1 Å². The van der Waals surface area contributed by atoms with Crippen LogP contribution in [0.15, 0.2) is 24.3 Å². The Bertz CT molecular complexity index is 531. The SMILES string of the molecule is CCCNC(=O)C1CCCN(Cc2cccc(C(F)(F)F)c2)C1. The lowest BCUT2D eigenvalue weighted by Crippen LogP contribution is -2.42. The van der Waals surface area contributed by atoms with E-state index in [1.54, 1.807) is 6.07 Å². The van der Waals surface area contributed by atoms with Gasteiger partial charge in [0, 0.05) is 19.6 Å². The van der Waals surface area contributed by atoms with E-state index in [0.29, 0.717) is 25.2 Å². The number of likely N-dealkylation sites (tertiary alicyclic amines) is 1. The summed E-state index contributed by atoms with van der Waals surface area (Å²) in [6.45, 7) is 4.53. The van der Waals surface area contributed by atoms with E-state index in [0.717, 1.165) is 31.9 Å². The number of piperidine rings is 1. The molecule has 6 heteroatoms. The van der Waals surface area contributed by atoms with Crippen LogP contribution in [0.25, 0.3) is 0 Å². The average Bonchev–Trinajstić information content (AvgIpc) is 2.52. The summed E-state index contributed by atoms with van der Waals surface area (Å²) in [6, 6.07) is 5.42. The Labute approximate surface area is 134 Å². The van der Waals surface area contributed by atoms with E-state index >= 15 is 0 Å². The minimum absolute atomic E-state index is 0.0561. The molecule has 0 aliphatic carbocycles. The molecule has 23 heavy (non-hydrogen) atoms. The van der Waals surface area contributed by atoms with Gasteiger partial charge in [-0.3, -0.25) is 9.69 Å². The number of carbonyl (C=O) groups is 1. The predicted octanol–water partition coefficient (Wildman–Crippen LogP) is 3.44. The van der Waals surface area contributed by atoms with Crippen molar-refractivity contribution in [1.29, 1.82) is 0 Å². The van der Waals surface area contributed by atoms with Crippen molar-refractivity contribution in [1.82, 2.24) is 10.2 Å². The highest BCUT2D eigenvalue weighted by Crippen LogP contribution is 2.30. The molecule has 2 rings (SSSR count). The highest BCUT2D eigenvalue weighted by molar-refractivity contribution is 5.78. The smallest absolute Gasteiger partial charge is 0.356 e. The predicted molar refractivity (Wildman–Crippen MR) is 82.7 cm³/mol. The van der Waals surface area contributed by atoms with E-state index in [1.807, 2.05) is 6.92 Å². The second-order valence-corrected chi connectivity index (χ2v) is 6.06. The van der Waals surface area contributed by atoms with Crippen molar-refractivity contribution in [3.05, 3.63) is 35.4 Å². The number of hydrogen-bond acceptors (Lipinski definition) is 2. The second-order valence-electron chi connectivity index (χ2n) is 6.06. The van der Waals surface area contributed by atoms with Gasteiger partial charge >= 0.3 is 6.18 Å². The molecule has 1 aromatic carbocycles. The molecule has 0 saturated carbocycles. The molecular weight excluding hydrogens is 305 g/mol. The van der Waals surface area contributed by atoms with E-state index in [2.05, 4.69) is 10.2 Å². The van der Waals surface area contributed by atoms with Gasteiger partial charge in [-0.1, -0.05) is 25.1 Å². The zero-order chi connectivity index (χ0) is 16.9. The monoisotopic (exact) mass is 328 g/mol. The minimum Gasteiger partial charge on any atom is -0.356 e. The van der Waals surface area contributed by atoms with Gasteiger partial charge in [-0.2, -0.15) is 13.2 Å². The molecule has 1 heterocycles. The first-order chi connectivity index (χ1) is 10.9. The minimum atomic E-state index is -4.32. The van der Waals surface area contributed by atoms with Gasteiger partial charge < -0.3 is 5.32 Å². The summed E-state index contributed by atoms with van der Waals surface area (Å²) in [5, 5.41) is 2.90. The summed E-state index contributed by atoms with van der Waals surface area (Å²) in [5.41, 5.74) is 0.0127. The third-order valence-electron chi connectivity index (χ3n) is 4.09. The van der Waals surface area contributed by atoms with Gasteiger partial charge in [0.25, 0.3) is 0 Å². The lowest BCUT2D eigenvalue weighted by molar-refractivity contribution is -0.137. The number of alkyl halides is 3. The van der Waals surface area contributed by atoms with Crippen LogP contribution in [0.5, 0.6) is 0 Å². The molecule has 1 aliphatic rings. The topological polar surface area (TPSA) is 32.3 Å². The summed E-state index contributed by atoms with van der Waals surface area (Å²) < 4.78 is 38.3. The van der Waals surface area contributed by atoms with E-state index in [4.69, 9.17) is 0 Å². The summed E-state index contributed by atoms with van der Waals surface area (Å²) >= 11 is 0. The van der Waals surface area contributed by atoms with Gasteiger partial charge in [0.1, 0.15) is 0 Å². The number of halogens is 3. The van der Waals surface area contributed by atoms with Gasteiger partial charge in [-0.25, -0.2) is 0 Å². The number of nitrogens with zero attached hydrogens (tertiary/aromatic N) is 1. The van der Waals surface area contributed by atoms with Crippen molar-refractivity contribution in [3.63, 3.8) is 0 Å². The van der Waals surface area contributed by atoms with Crippen LogP contribution in [0.2, 0.25) is 0 Å². The summed E-state index contributed by atoms with van der Waals surface area (Å²) in [7, 11) is 0. The Balaban J connectivity index is 1.96. The van der Waals surface area contributed by atoms with Crippen LogP contribution in [0, 0.1) is 5.92 Å². The Morgan fingerprint density at radius 1 is 1.39 bits per heavy atom. The second kappa shape index (κ2) is 7.81.